The number of carbonyl (C=O) groups excluding carboxylic acids is 1. The van der Waals surface area contributed by atoms with Crippen molar-refractivity contribution >= 4 is 5.91 Å². The number of ether oxygens (including phenoxy) is 4. The minimum Gasteiger partial charge on any atom is -0.497 e. The first-order chi connectivity index (χ1) is 9.64. The molecule has 0 atom stereocenters. The van der Waals surface area contributed by atoms with Crippen molar-refractivity contribution in [1.82, 2.24) is 5.32 Å². The summed E-state index contributed by atoms with van der Waals surface area (Å²) in [6.45, 7) is 0.290. The maximum absolute atomic E-state index is 11.9. The van der Waals surface area contributed by atoms with Gasteiger partial charge in [0.25, 0.3) is 0 Å². The zero-order valence-electron chi connectivity index (χ0n) is 12.3. The van der Waals surface area contributed by atoms with Gasteiger partial charge in [0.15, 0.2) is 6.29 Å². The van der Waals surface area contributed by atoms with E-state index in [2.05, 4.69) is 5.32 Å². The van der Waals surface area contributed by atoms with Crippen molar-refractivity contribution in [2.75, 3.05) is 35.0 Å². The highest BCUT2D eigenvalue weighted by Crippen LogP contribution is 2.24. The van der Waals surface area contributed by atoms with Crippen LogP contribution in [-0.2, 0) is 20.7 Å². The van der Waals surface area contributed by atoms with Crippen LogP contribution < -0.4 is 14.8 Å². The predicted molar refractivity (Wildman–Crippen MR) is 74.1 cm³/mol. The predicted octanol–water partition coefficient (Wildman–Crippen LogP) is 0.981. The van der Waals surface area contributed by atoms with E-state index in [1.54, 1.807) is 32.4 Å². The number of benzene rings is 1. The molecule has 112 valence electrons. The first-order valence-corrected chi connectivity index (χ1v) is 6.17. The van der Waals surface area contributed by atoms with Gasteiger partial charge in [-0.05, 0) is 18.2 Å². The number of rotatable bonds is 8. The van der Waals surface area contributed by atoms with Gasteiger partial charge in [0, 0.05) is 19.8 Å². The van der Waals surface area contributed by atoms with Crippen LogP contribution in [0.2, 0.25) is 0 Å². The Labute approximate surface area is 119 Å². The lowest BCUT2D eigenvalue weighted by molar-refractivity contribution is -0.126. The van der Waals surface area contributed by atoms with Gasteiger partial charge in [0.2, 0.25) is 5.91 Å². The summed E-state index contributed by atoms with van der Waals surface area (Å²) in [7, 11) is 6.18. The van der Waals surface area contributed by atoms with Crippen LogP contribution in [0.15, 0.2) is 18.2 Å². The first-order valence-electron chi connectivity index (χ1n) is 6.17. The van der Waals surface area contributed by atoms with Crippen LogP contribution in [0.3, 0.4) is 0 Å². The maximum atomic E-state index is 11.9. The van der Waals surface area contributed by atoms with Crippen LogP contribution in [-0.4, -0.2) is 47.2 Å². The van der Waals surface area contributed by atoms with Crippen LogP contribution in [0.4, 0.5) is 0 Å². The molecule has 0 spiro atoms. The molecule has 6 heteroatoms. The first kappa shape index (κ1) is 16.3. The van der Waals surface area contributed by atoms with Crippen molar-refractivity contribution in [1.29, 1.82) is 0 Å². The molecule has 0 aromatic heterocycles. The summed E-state index contributed by atoms with van der Waals surface area (Å²) in [5.74, 6) is 1.19. The lowest BCUT2D eigenvalue weighted by atomic mass is 10.1. The van der Waals surface area contributed by atoms with Crippen LogP contribution >= 0.6 is 0 Å². The van der Waals surface area contributed by atoms with Gasteiger partial charge in [-0.25, -0.2) is 0 Å². The summed E-state index contributed by atoms with van der Waals surface area (Å²) in [4.78, 5) is 11.9. The second-order valence-corrected chi connectivity index (χ2v) is 4.06. The minimum absolute atomic E-state index is 0.143. The summed E-state index contributed by atoms with van der Waals surface area (Å²) in [6, 6.07) is 5.34. The number of methoxy groups -OCH3 is 4. The topological polar surface area (TPSA) is 66.0 Å². The van der Waals surface area contributed by atoms with Crippen LogP contribution in [0.5, 0.6) is 11.5 Å². The second kappa shape index (κ2) is 8.39. The molecule has 0 saturated carbocycles. The van der Waals surface area contributed by atoms with Crippen molar-refractivity contribution in [3.05, 3.63) is 23.8 Å². The lowest BCUT2D eigenvalue weighted by Gasteiger charge is -2.15. The van der Waals surface area contributed by atoms with Crippen molar-refractivity contribution in [2.45, 2.75) is 12.7 Å². The lowest BCUT2D eigenvalue weighted by Crippen LogP contribution is -2.35. The Morgan fingerprint density at radius 3 is 2.40 bits per heavy atom. The fourth-order valence-corrected chi connectivity index (χ4v) is 1.72. The third-order valence-corrected chi connectivity index (χ3v) is 2.83. The van der Waals surface area contributed by atoms with Crippen molar-refractivity contribution < 1.29 is 23.7 Å². The number of hydrogen-bond acceptors (Lipinski definition) is 5. The molecule has 0 aliphatic carbocycles. The summed E-state index contributed by atoms with van der Waals surface area (Å²) in [5, 5.41) is 2.74. The monoisotopic (exact) mass is 283 g/mol. The standard InChI is InChI=1S/C14H21NO5/c1-17-11-5-6-12(18-2)10(7-11)8-13(16)15-9-14(19-3)20-4/h5-7,14H,8-9H2,1-4H3,(H,15,16). The van der Waals surface area contributed by atoms with E-state index in [4.69, 9.17) is 18.9 Å². The van der Waals surface area contributed by atoms with Gasteiger partial charge in [-0.1, -0.05) is 0 Å². The number of carbonyl (C=O) groups is 1. The molecule has 0 fully saturated rings. The van der Waals surface area contributed by atoms with Crippen molar-refractivity contribution in [2.24, 2.45) is 0 Å². The van der Waals surface area contributed by atoms with Gasteiger partial charge >= 0.3 is 0 Å². The molecule has 0 heterocycles. The second-order valence-electron chi connectivity index (χ2n) is 4.06. The molecule has 1 rings (SSSR count). The third-order valence-electron chi connectivity index (χ3n) is 2.83. The van der Waals surface area contributed by atoms with E-state index in [1.165, 1.54) is 14.2 Å². The van der Waals surface area contributed by atoms with Gasteiger partial charge in [0.05, 0.1) is 27.2 Å². The number of amides is 1. The van der Waals surface area contributed by atoms with E-state index >= 15 is 0 Å². The molecular weight excluding hydrogens is 262 g/mol. The molecule has 0 unspecified atom stereocenters. The number of hydrogen-bond donors (Lipinski definition) is 1. The van der Waals surface area contributed by atoms with E-state index in [1.807, 2.05) is 0 Å². The van der Waals surface area contributed by atoms with Crippen LogP contribution in [0.25, 0.3) is 0 Å². The normalized spacial score (nSPS) is 10.4. The molecule has 6 nitrogen and oxygen atoms in total. The Morgan fingerprint density at radius 1 is 1.15 bits per heavy atom. The molecule has 0 radical (unpaired) electrons. The Morgan fingerprint density at radius 2 is 1.85 bits per heavy atom. The van der Waals surface area contributed by atoms with Crippen LogP contribution in [0, 0.1) is 0 Å². The smallest absolute Gasteiger partial charge is 0.224 e. The highest BCUT2D eigenvalue weighted by molar-refractivity contribution is 5.79. The largest absolute Gasteiger partial charge is 0.497 e. The molecule has 0 aliphatic heterocycles. The maximum Gasteiger partial charge on any atom is 0.224 e. The van der Waals surface area contributed by atoms with E-state index in [0.29, 0.717) is 11.5 Å². The molecule has 0 aliphatic rings. The van der Waals surface area contributed by atoms with E-state index < -0.39 is 6.29 Å². The summed E-state index contributed by atoms with van der Waals surface area (Å²) in [6.07, 6.45) is -0.258. The van der Waals surface area contributed by atoms with E-state index in [-0.39, 0.29) is 18.9 Å². The van der Waals surface area contributed by atoms with Crippen molar-refractivity contribution in [3.63, 3.8) is 0 Å². The van der Waals surface area contributed by atoms with E-state index in [9.17, 15) is 4.79 Å². The van der Waals surface area contributed by atoms with Gasteiger partial charge in [0.1, 0.15) is 11.5 Å². The summed E-state index contributed by atoms with van der Waals surface area (Å²) < 4.78 is 20.4. The van der Waals surface area contributed by atoms with Gasteiger partial charge < -0.3 is 24.3 Å². The molecule has 0 bridgehead atoms. The zero-order chi connectivity index (χ0) is 15.0. The Hall–Kier alpha value is -1.79. The molecule has 0 saturated heterocycles. The van der Waals surface area contributed by atoms with E-state index in [0.717, 1.165) is 5.56 Å². The van der Waals surface area contributed by atoms with Crippen molar-refractivity contribution in [3.8, 4) is 11.5 Å². The number of nitrogens with one attached hydrogen (secondary N) is 1. The average Bonchev–Trinajstić information content (AvgIpc) is 2.48. The minimum atomic E-state index is -0.453. The Balaban J connectivity index is 2.64. The highest BCUT2D eigenvalue weighted by Gasteiger charge is 2.12. The molecular formula is C14H21NO5. The quantitative estimate of drug-likeness (QED) is 0.720. The molecule has 1 amide bonds. The Bertz CT molecular complexity index is 432. The molecule has 1 aromatic carbocycles. The van der Waals surface area contributed by atoms with Gasteiger partial charge in [-0.2, -0.15) is 0 Å². The van der Waals surface area contributed by atoms with Gasteiger partial charge in [-0.15, -0.1) is 0 Å². The third kappa shape index (κ3) is 4.71. The molecule has 1 N–H and O–H groups in total. The average molecular weight is 283 g/mol. The summed E-state index contributed by atoms with van der Waals surface area (Å²) >= 11 is 0. The molecule has 20 heavy (non-hydrogen) atoms. The zero-order valence-corrected chi connectivity index (χ0v) is 12.3. The highest BCUT2D eigenvalue weighted by atomic mass is 16.7. The Kier molecular flexibility index (Phi) is 6.83. The molecule has 1 aromatic rings. The fraction of sp³-hybridized carbons (Fsp3) is 0.500. The summed E-state index contributed by atoms with van der Waals surface area (Å²) in [5.41, 5.74) is 0.760. The van der Waals surface area contributed by atoms with Crippen LogP contribution in [0.1, 0.15) is 5.56 Å². The van der Waals surface area contributed by atoms with Gasteiger partial charge in [-0.3, -0.25) is 4.79 Å². The fourth-order valence-electron chi connectivity index (χ4n) is 1.72. The SMILES string of the molecule is COc1ccc(OC)c(CC(=O)NCC(OC)OC)c1.